The summed E-state index contributed by atoms with van der Waals surface area (Å²) in [7, 11) is 1.47. The fourth-order valence-electron chi connectivity index (χ4n) is 2.17. The Hall–Kier alpha value is -1.57. The number of anilines is 2. The Labute approximate surface area is 156 Å². The van der Waals surface area contributed by atoms with Gasteiger partial charge in [-0.3, -0.25) is 10.1 Å². The number of nitrogens with one attached hydrogen (secondary N) is 1. The lowest BCUT2D eigenvalue weighted by Crippen LogP contribution is -2.13. The molecule has 0 aliphatic carbocycles. The van der Waals surface area contributed by atoms with Crippen molar-refractivity contribution in [1.29, 1.82) is 0 Å². The van der Waals surface area contributed by atoms with E-state index in [-0.39, 0.29) is 18.3 Å². The largest absolute Gasteiger partial charge is 0.496 e. The van der Waals surface area contributed by atoms with Gasteiger partial charge in [0.15, 0.2) is 0 Å². The first-order valence-corrected chi connectivity index (χ1v) is 8.47. The second-order valence-electron chi connectivity index (χ2n) is 4.99. The molecule has 6 nitrogen and oxygen atoms in total. The van der Waals surface area contributed by atoms with Crippen molar-refractivity contribution in [3.63, 3.8) is 0 Å². The van der Waals surface area contributed by atoms with E-state index in [0.29, 0.717) is 33.1 Å². The molecule has 2 aromatic rings. The number of amides is 1. The highest BCUT2D eigenvalue weighted by atomic mass is 35.5. The van der Waals surface area contributed by atoms with Gasteiger partial charge >= 0.3 is 0 Å². The van der Waals surface area contributed by atoms with Crippen LogP contribution in [0.25, 0.3) is 0 Å². The van der Waals surface area contributed by atoms with Crippen molar-refractivity contribution in [3.8, 4) is 5.75 Å². The molecule has 0 saturated heterocycles. The first-order valence-electron chi connectivity index (χ1n) is 7.27. The van der Waals surface area contributed by atoms with Crippen molar-refractivity contribution in [2.24, 2.45) is 0 Å². The van der Waals surface area contributed by atoms with E-state index in [0.717, 1.165) is 17.8 Å². The van der Waals surface area contributed by atoms with Crippen molar-refractivity contribution in [1.82, 2.24) is 10.2 Å². The molecule has 24 heavy (non-hydrogen) atoms. The quantitative estimate of drug-likeness (QED) is 0.714. The highest BCUT2D eigenvalue weighted by molar-refractivity contribution is 7.15. The number of nitrogen functional groups attached to an aromatic ring is 1. The molecular formula is C15H20Cl2N4O2S. The number of hydrogen-bond donors (Lipinski definition) is 2. The van der Waals surface area contributed by atoms with E-state index in [1.165, 1.54) is 30.6 Å². The van der Waals surface area contributed by atoms with Crippen molar-refractivity contribution < 1.29 is 9.53 Å². The van der Waals surface area contributed by atoms with Gasteiger partial charge in [0.1, 0.15) is 10.8 Å². The van der Waals surface area contributed by atoms with Crippen LogP contribution in [-0.2, 0) is 0 Å². The molecule has 9 heteroatoms. The number of nitrogens with zero attached hydrogens (tertiary/aromatic N) is 2. The summed E-state index contributed by atoms with van der Waals surface area (Å²) in [5.74, 6) is 0.351. The fraction of sp³-hybridized carbons (Fsp3) is 0.400. The van der Waals surface area contributed by atoms with Gasteiger partial charge in [-0.1, -0.05) is 36.8 Å². The van der Waals surface area contributed by atoms with Crippen LogP contribution in [0.15, 0.2) is 12.1 Å². The van der Waals surface area contributed by atoms with E-state index >= 15 is 0 Å². The van der Waals surface area contributed by atoms with Crippen LogP contribution in [0.4, 0.5) is 10.8 Å². The molecule has 0 fully saturated rings. The Morgan fingerprint density at radius 1 is 1.38 bits per heavy atom. The van der Waals surface area contributed by atoms with Gasteiger partial charge in [0.2, 0.25) is 5.13 Å². The van der Waals surface area contributed by atoms with E-state index in [4.69, 9.17) is 22.1 Å². The summed E-state index contributed by atoms with van der Waals surface area (Å²) in [5.41, 5.74) is 6.37. The third-order valence-corrected chi connectivity index (χ3v) is 4.89. The number of carbonyl (C=O) groups excluding carboxylic acids is 1. The number of carbonyl (C=O) groups is 1. The first-order chi connectivity index (χ1) is 11.0. The van der Waals surface area contributed by atoms with Crippen LogP contribution in [0.3, 0.4) is 0 Å². The molecule has 2 rings (SSSR count). The Bertz CT molecular complexity index is 705. The van der Waals surface area contributed by atoms with Gasteiger partial charge in [0, 0.05) is 12.0 Å². The SMILES string of the molecule is CCC(CC)c1nnc(NC(=O)c2cc(Cl)c(N)cc2OC)s1.Cl. The third kappa shape index (κ3) is 4.49. The number of benzene rings is 1. The van der Waals surface area contributed by atoms with Crippen molar-refractivity contribution in [2.45, 2.75) is 32.6 Å². The molecule has 1 amide bonds. The van der Waals surface area contributed by atoms with Gasteiger partial charge in [-0.05, 0) is 18.9 Å². The topological polar surface area (TPSA) is 90.1 Å². The van der Waals surface area contributed by atoms with Gasteiger partial charge in [0.05, 0.1) is 23.4 Å². The number of nitrogens with two attached hydrogens (primary N) is 1. The zero-order valence-corrected chi connectivity index (χ0v) is 16.0. The summed E-state index contributed by atoms with van der Waals surface area (Å²) in [5, 5.41) is 12.6. The predicted octanol–water partition coefficient (Wildman–Crippen LogP) is 4.36. The Morgan fingerprint density at radius 3 is 2.62 bits per heavy atom. The highest BCUT2D eigenvalue weighted by Gasteiger charge is 2.18. The van der Waals surface area contributed by atoms with Gasteiger partial charge in [0.25, 0.3) is 5.91 Å². The molecule has 0 saturated carbocycles. The molecule has 0 bridgehead atoms. The van der Waals surface area contributed by atoms with Gasteiger partial charge in [-0.2, -0.15) is 0 Å². The molecule has 0 spiro atoms. The summed E-state index contributed by atoms with van der Waals surface area (Å²) in [6.45, 7) is 4.21. The van der Waals surface area contributed by atoms with Crippen molar-refractivity contribution in [3.05, 3.63) is 27.7 Å². The summed E-state index contributed by atoms with van der Waals surface area (Å²) in [6.07, 6.45) is 1.97. The molecule has 0 unspecified atom stereocenters. The standard InChI is InChI=1S/C15H19ClN4O2S.ClH/c1-4-8(5-2)14-19-20-15(23-14)18-13(21)9-6-10(16)11(17)7-12(9)22-3;/h6-8H,4-5,17H2,1-3H3,(H,18,20,21);1H. The lowest BCUT2D eigenvalue weighted by molar-refractivity contribution is 0.102. The zero-order chi connectivity index (χ0) is 17.0. The van der Waals surface area contributed by atoms with Gasteiger partial charge in [-0.15, -0.1) is 22.6 Å². The van der Waals surface area contributed by atoms with E-state index in [1.54, 1.807) is 0 Å². The van der Waals surface area contributed by atoms with E-state index in [1.807, 2.05) is 0 Å². The molecule has 0 aliphatic rings. The number of methoxy groups -OCH3 is 1. The van der Waals surface area contributed by atoms with Gasteiger partial charge in [-0.25, -0.2) is 0 Å². The summed E-state index contributed by atoms with van der Waals surface area (Å²) in [4.78, 5) is 12.4. The van der Waals surface area contributed by atoms with Crippen molar-refractivity contribution >= 4 is 52.1 Å². The molecule has 0 radical (unpaired) electrons. The minimum atomic E-state index is -0.365. The third-order valence-electron chi connectivity index (χ3n) is 3.56. The minimum absolute atomic E-state index is 0. The Balaban J connectivity index is 0.00000288. The summed E-state index contributed by atoms with van der Waals surface area (Å²) < 4.78 is 5.19. The molecule has 1 aromatic heterocycles. The Morgan fingerprint density at radius 2 is 2.04 bits per heavy atom. The Kier molecular flexibility index (Phi) is 7.72. The number of hydrogen-bond acceptors (Lipinski definition) is 6. The molecule has 132 valence electrons. The molecular weight excluding hydrogens is 371 g/mol. The maximum absolute atomic E-state index is 12.4. The zero-order valence-electron chi connectivity index (χ0n) is 13.6. The number of aromatic nitrogens is 2. The molecule has 1 aromatic carbocycles. The number of rotatable bonds is 6. The average Bonchev–Trinajstić information content (AvgIpc) is 2.99. The predicted molar refractivity (Wildman–Crippen MR) is 101 cm³/mol. The summed E-state index contributed by atoms with van der Waals surface area (Å²) >= 11 is 7.37. The maximum atomic E-state index is 12.4. The maximum Gasteiger partial charge on any atom is 0.261 e. The lowest BCUT2D eigenvalue weighted by Gasteiger charge is -2.10. The monoisotopic (exact) mass is 390 g/mol. The van der Waals surface area contributed by atoms with Crippen LogP contribution in [-0.4, -0.2) is 23.2 Å². The lowest BCUT2D eigenvalue weighted by atomic mass is 10.1. The minimum Gasteiger partial charge on any atom is -0.496 e. The molecule has 1 heterocycles. The normalized spacial score (nSPS) is 10.4. The van der Waals surface area contributed by atoms with E-state index in [9.17, 15) is 4.79 Å². The van der Waals surface area contributed by atoms with Crippen molar-refractivity contribution in [2.75, 3.05) is 18.2 Å². The van der Waals surface area contributed by atoms with Crippen LogP contribution in [0.5, 0.6) is 5.75 Å². The van der Waals surface area contributed by atoms with Crippen LogP contribution < -0.4 is 15.8 Å². The van der Waals surface area contributed by atoms with Gasteiger partial charge < -0.3 is 10.5 Å². The molecule has 0 aliphatic heterocycles. The van der Waals surface area contributed by atoms with Crippen LogP contribution >= 0.6 is 35.3 Å². The highest BCUT2D eigenvalue weighted by Crippen LogP contribution is 2.31. The van der Waals surface area contributed by atoms with Crippen LogP contribution in [0.2, 0.25) is 5.02 Å². The van der Waals surface area contributed by atoms with E-state index < -0.39 is 0 Å². The fourth-order valence-corrected chi connectivity index (χ4v) is 3.34. The van der Waals surface area contributed by atoms with Crippen LogP contribution in [0.1, 0.15) is 48.0 Å². The second-order valence-corrected chi connectivity index (χ2v) is 6.40. The average molecular weight is 391 g/mol. The molecule has 3 N–H and O–H groups in total. The first kappa shape index (κ1) is 20.5. The summed E-state index contributed by atoms with van der Waals surface area (Å²) in [6, 6.07) is 3.00. The number of ether oxygens (including phenoxy) is 1. The van der Waals surface area contributed by atoms with Crippen LogP contribution in [0, 0.1) is 0 Å². The number of halogens is 2. The molecule has 0 atom stereocenters. The smallest absolute Gasteiger partial charge is 0.261 e. The van der Waals surface area contributed by atoms with E-state index in [2.05, 4.69) is 29.4 Å². The second kappa shape index (κ2) is 9.05.